The van der Waals surface area contributed by atoms with Crippen molar-refractivity contribution in [2.75, 3.05) is 0 Å². The minimum absolute atomic E-state index is 0.0134. The third-order valence-electron chi connectivity index (χ3n) is 3.77. The molecule has 0 heterocycles. The molecule has 0 aromatic carbocycles. The lowest BCUT2D eigenvalue weighted by Crippen LogP contribution is -2.39. The van der Waals surface area contributed by atoms with Gasteiger partial charge in [-0.1, -0.05) is 6.92 Å². The van der Waals surface area contributed by atoms with Crippen molar-refractivity contribution >= 4 is 11.9 Å². The molecule has 5 heteroatoms. The highest BCUT2D eigenvalue weighted by Gasteiger charge is 2.29. The summed E-state index contributed by atoms with van der Waals surface area (Å²) >= 11 is 0. The predicted molar refractivity (Wildman–Crippen MR) is 86.1 cm³/mol. The molecule has 1 aliphatic rings. The third-order valence-corrected chi connectivity index (χ3v) is 3.77. The first-order valence-electron chi connectivity index (χ1n) is 8.04. The first-order chi connectivity index (χ1) is 9.71. The number of ether oxygens (including phenoxy) is 1. The highest BCUT2D eigenvalue weighted by Crippen LogP contribution is 2.28. The molecule has 0 aliphatic heterocycles. The molecule has 0 radical (unpaired) electrons. The van der Waals surface area contributed by atoms with E-state index in [9.17, 15) is 4.79 Å². The summed E-state index contributed by atoms with van der Waals surface area (Å²) in [6.07, 6.45) is 4.47. The Morgan fingerprint density at radius 3 is 2.38 bits per heavy atom. The zero-order valence-electron chi connectivity index (χ0n) is 14.1. The number of hydrogen-bond acceptors (Lipinski definition) is 3. The van der Waals surface area contributed by atoms with Crippen LogP contribution in [-0.4, -0.2) is 29.6 Å². The number of carbonyl (C=O) groups is 1. The Balaban J connectivity index is 2.41. The van der Waals surface area contributed by atoms with Crippen molar-refractivity contribution in [1.29, 1.82) is 0 Å². The van der Waals surface area contributed by atoms with Crippen LogP contribution in [0, 0.1) is 5.92 Å². The molecular weight excluding hydrogens is 266 g/mol. The Kier molecular flexibility index (Phi) is 6.49. The molecule has 5 nitrogen and oxygen atoms in total. The Hall–Kier alpha value is -1.26. The molecule has 0 bridgehead atoms. The van der Waals surface area contributed by atoms with Crippen LogP contribution in [0.25, 0.3) is 0 Å². The van der Waals surface area contributed by atoms with Gasteiger partial charge in [0.25, 0.3) is 0 Å². The van der Waals surface area contributed by atoms with Gasteiger partial charge in [-0.2, -0.15) is 0 Å². The molecule has 3 N–H and O–H groups in total. The van der Waals surface area contributed by atoms with Gasteiger partial charge in [-0.3, -0.25) is 9.79 Å². The Morgan fingerprint density at radius 2 is 1.90 bits per heavy atom. The van der Waals surface area contributed by atoms with E-state index in [0.717, 1.165) is 32.1 Å². The van der Waals surface area contributed by atoms with E-state index >= 15 is 0 Å². The quantitative estimate of drug-likeness (QED) is 0.475. The molecule has 1 unspecified atom stereocenters. The summed E-state index contributed by atoms with van der Waals surface area (Å²) < 4.78 is 5.45. The summed E-state index contributed by atoms with van der Waals surface area (Å²) in [7, 11) is 0. The number of nitrogens with one attached hydrogen (secondary N) is 1. The average molecular weight is 297 g/mol. The van der Waals surface area contributed by atoms with E-state index in [2.05, 4.69) is 24.2 Å². The van der Waals surface area contributed by atoms with Gasteiger partial charge >= 0.3 is 5.97 Å². The van der Waals surface area contributed by atoms with Crippen LogP contribution < -0.4 is 11.1 Å². The standard InChI is InChI=1S/C16H31N3O2/c1-6-11(2)18-15(17)19-13-9-7-12(8-10-13)14(20)21-16(3,4)5/h11-13H,6-10H2,1-5H3,(H3,17,18,19). The van der Waals surface area contributed by atoms with Crippen LogP contribution in [0.15, 0.2) is 4.99 Å². The minimum Gasteiger partial charge on any atom is -0.460 e. The van der Waals surface area contributed by atoms with E-state index in [0.29, 0.717) is 12.0 Å². The van der Waals surface area contributed by atoms with E-state index in [1.54, 1.807) is 0 Å². The lowest BCUT2D eigenvalue weighted by molar-refractivity contribution is -0.161. The van der Waals surface area contributed by atoms with E-state index in [4.69, 9.17) is 10.5 Å². The lowest BCUT2D eigenvalue weighted by atomic mass is 9.86. The molecule has 1 atom stereocenters. The van der Waals surface area contributed by atoms with Gasteiger partial charge in [0.05, 0.1) is 12.0 Å². The minimum atomic E-state index is -0.406. The second-order valence-corrected chi connectivity index (χ2v) is 7.01. The second-order valence-electron chi connectivity index (χ2n) is 7.01. The topological polar surface area (TPSA) is 76.7 Å². The van der Waals surface area contributed by atoms with E-state index in [-0.39, 0.29) is 17.9 Å². The number of nitrogens with zero attached hydrogens (tertiary/aromatic N) is 1. The zero-order chi connectivity index (χ0) is 16.0. The van der Waals surface area contributed by atoms with Gasteiger partial charge in [0.2, 0.25) is 0 Å². The molecule has 0 amide bonds. The van der Waals surface area contributed by atoms with Crippen LogP contribution in [0.1, 0.15) is 66.7 Å². The van der Waals surface area contributed by atoms with Crippen LogP contribution in [0.5, 0.6) is 0 Å². The Morgan fingerprint density at radius 1 is 1.33 bits per heavy atom. The number of esters is 1. The van der Waals surface area contributed by atoms with Crippen molar-refractivity contribution in [1.82, 2.24) is 5.32 Å². The molecular formula is C16H31N3O2. The van der Waals surface area contributed by atoms with Crippen molar-refractivity contribution in [3.05, 3.63) is 0 Å². The lowest BCUT2D eigenvalue weighted by Gasteiger charge is -2.28. The normalized spacial score (nSPS) is 25.3. The maximum atomic E-state index is 12.0. The van der Waals surface area contributed by atoms with Gasteiger partial charge in [-0.25, -0.2) is 0 Å². The largest absolute Gasteiger partial charge is 0.460 e. The number of guanidine groups is 1. The van der Waals surface area contributed by atoms with E-state index in [1.165, 1.54) is 0 Å². The molecule has 1 saturated carbocycles. The fourth-order valence-electron chi connectivity index (χ4n) is 2.41. The number of hydrogen-bond donors (Lipinski definition) is 2. The second kappa shape index (κ2) is 7.66. The number of rotatable bonds is 4. The molecule has 21 heavy (non-hydrogen) atoms. The van der Waals surface area contributed by atoms with Crippen molar-refractivity contribution in [3.63, 3.8) is 0 Å². The first kappa shape index (κ1) is 17.8. The summed E-state index contributed by atoms with van der Waals surface area (Å²) in [5.74, 6) is 0.458. The Bertz CT molecular complexity index is 366. The van der Waals surface area contributed by atoms with Crippen molar-refractivity contribution in [2.45, 2.75) is 84.4 Å². The van der Waals surface area contributed by atoms with E-state index < -0.39 is 5.60 Å². The molecule has 1 fully saturated rings. The van der Waals surface area contributed by atoms with Crippen molar-refractivity contribution in [3.8, 4) is 0 Å². The van der Waals surface area contributed by atoms with Crippen LogP contribution in [0.4, 0.5) is 0 Å². The van der Waals surface area contributed by atoms with Gasteiger partial charge in [0, 0.05) is 6.04 Å². The molecule has 122 valence electrons. The summed E-state index contributed by atoms with van der Waals surface area (Å²) in [5.41, 5.74) is 5.50. The SMILES string of the molecule is CCC(C)NC(N)=NC1CCC(C(=O)OC(C)(C)C)CC1. The van der Waals surface area contributed by atoms with Crippen molar-refractivity contribution in [2.24, 2.45) is 16.6 Å². The van der Waals surface area contributed by atoms with Crippen LogP contribution >= 0.6 is 0 Å². The zero-order valence-corrected chi connectivity index (χ0v) is 14.1. The summed E-state index contributed by atoms with van der Waals surface area (Å²) in [4.78, 5) is 16.6. The molecule has 0 aromatic heterocycles. The van der Waals surface area contributed by atoms with Gasteiger partial charge < -0.3 is 15.8 Å². The first-order valence-corrected chi connectivity index (χ1v) is 8.04. The maximum Gasteiger partial charge on any atom is 0.309 e. The van der Waals surface area contributed by atoms with Gasteiger partial charge in [-0.05, 0) is 59.8 Å². The van der Waals surface area contributed by atoms with E-state index in [1.807, 2.05) is 20.8 Å². The summed E-state index contributed by atoms with van der Waals surface area (Å²) in [6.45, 7) is 9.91. The molecule has 1 aliphatic carbocycles. The van der Waals surface area contributed by atoms with Crippen LogP contribution in [0.2, 0.25) is 0 Å². The summed E-state index contributed by atoms with van der Waals surface area (Å²) in [6, 6.07) is 0.562. The summed E-state index contributed by atoms with van der Waals surface area (Å²) in [5, 5.41) is 3.18. The molecule has 1 rings (SSSR count). The predicted octanol–water partition coefficient (Wildman–Crippen LogP) is 2.59. The third kappa shape index (κ3) is 6.82. The highest BCUT2D eigenvalue weighted by molar-refractivity contribution is 5.78. The van der Waals surface area contributed by atoms with Crippen molar-refractivity contribution < 1.29 is 9.53 Å². The number of nitrogens with two attached hydrogens (primary N) is 1. The smallest absolute Gasteiger partial charge is 0.309 e. The maximum absolute atomic E-state index is 12.0. The van der Waals surface area contributed by atoms with Gasteiger partial charge in [0.15, 0.2) is 5.96 Å². The number of aliphatic imine (C=N–C) groups is 1. The fourth-order valence-corrected chi connectivity index (χ4v) is 2.41. The molecule has 0 saturated heterocycles. The fraction of sp³-hybridized carbons (Fsp3) is 0.875. The molecule has 0 aromatic rings. The van der Waals surface area contributed by atoms with Crippen LogP contribution in [-0.2, 0) is 9.53 Å². The Labute approximate surface area is 128 Å². The molecule has 0 spiro atoms. The van der Waals surface area contributed by atoms with Crippen LogP contribution in [0.3, 0.4) is 0 Å². The van der Waals surface area contributed by atoms with Gasteiger partial charge in [0.1, 0.15) is 5.60 Å². The average Bonchev–Trinajstić information content (AvgIpc) is 2.37. The monoisotopic (exact) mass is 297 g/mol. The highest BCUT2D eigenvalue weighted by atomic mass is 16.6. The number of carbonyl (C=O) groups excluding carboxylic acids is 1. The van der Waals surface area contributed by atoms with Gasteiger partial charge in [-0.15, -0.1) is 0 Å².